The largest absolute Gasteiger partial charge is 0.319 e. The fourth-order valence-corrected chi connectivity index (χ4v) is 3.82. The molecule has 2 fully saturated rings. The Labute approximate surface area is 107 Å². The molecule has 2 unspecified atom stereocenters. The molecule has 0 aromatic heterocycles. The quantitative estimate of drug-likeness (QED) is 0.792. The fourth-order valence-electron chi connectivity index (χ4n) is 3.82. The van der Waals surface area contributed by atoms with Crippen molar-refractivity contribution in [3.63, 3.8) is 0 Å². The van der Waals surface area contributed by atoms with Gasteiger partial charge in [-0.2, -0.15) is 0 Å². The van der Waals surface area contributed by atoms with E-state index >= 15 is 0 Å². The fraction of sp³-hybridized carbons (Fsp3) is 1.00. The van der Waals surface area contributed by atoms with E-state index in [-0.39, 0.29) is 0 Å². The van der Waals surface area contributed by atoms with E-state index in [2.05, 4.69) is 31.2 Å². The standard InChI is InChI=1S/C15H30N2/c1-4-12-5-8-14(9-6-12)17(3)15-10-7-13(15)11-16-2/h12-16H,4-11H2,1-3H3. The molecule has 0 amide bonds. The Balaban J connectivity index is 1.78. The van der Waals surface area contributed by atoms with Crippen LogP contribution in [0.5, 0.6) is 0 Å². The summed E-state index contributed by atoms with van der Waals surface area (Å²) >= 11 is 0. The molecule has 2 rings (SSSR count). The van der Waals surface area contributed by atoms with Gasteiger partial charge in [-0.3, -0.25) is 0 Å². The molecule has 2 atom stereocenters. The summed E-state index contributed by atoms with van der Waals surface area (Å²) in [7, 11) is 4.46. The van der Waals surface area contributed by atoms with Crippen LogP contribution in [0.3, 0.4) is 0 Å². The lowest BCUT2D eigenvalue weighted by Gasteiger charge is -2.47. The summed E-state index contributed by atoms with van der Waals surface area (Å²) in [5.74, 6) is 1.93. The first-order valence-electron chi connectivity index (χ1n) is 7.62. The maximum absolute atomic E-state index is 3.35. The van der Waals surface area contributed by atoms with E-state index in [4.69, 9.17) is 0 Å². The van der Waals surface area contributed by atoms with Gasteiger partial charge in [-0.05, 0) is 71.0 Å². The molecule has 0 spiro atoms. The highest BCUT2D eigenvalue weighted by Crippen LogP contribution is 2.36. The smallest absolute Gasteiger partial charge is 0.0136 e. The molecule has 0 aromatic carbocycles. The molecule has 2 nitrogen and oxygen atoms in total. The SMILES string of the molecule is CCC1CCC(N(C)C2CCC2CNC)CC1. The Morgan fingerprint density at radius 2 is 1.76 bits per heavy atom. The van der Waals surface area contributed by atoms with Crippen molar-refractivity contribution in [3.05, 3.63) is 0 Å². The zero-order valence-corrected chi connectivity index (χ0v) is 11.9. The van der Waals surface area contributed by atoms with Crippen molar-refractivity contribution in [2.24, 2.45) is 11.8 Å². The van der Waals surface area contributed by atoms with Crippen molar-refractivity contribution >= 4 is 0 Å². The summed E-state index contributed by atoms with van der Waals surface area (Å²) in [6, 6.07) is 1.74. The van der Waals surface area contributed by atoms with E-state index in [1.165, 1.54) is 51.5 Å². The summed E-state index contributed by atoms with van der Waals surface area (Å²) in [4.78, 5) is 2.72. The van der Waals surface area contributed by atoms with Crippen LogP contribution in [0.25, 0.3) is 0 Å². The van der Waals surface area contributed by atoms with E-state index in [0.717, 1.165) is 23.9 Å². The summed E-state index contributed by atoms with van der Waals surface area (Å²) < 4.78 is 0. The third-order valence-electron chi connectivity index (χ3n) is 5.34. The molecule has 0 aromatic rings. The van der Waals surface area contributed by atoms with Gasteiger partial charge in [0.1, 0.15) is 0 Å². The molecule has 17 heavy (non-hydrogen) atoms. The Kier molecular flexibility index (Phi) is 4.87. The van der Waals surface area contributed by atoms with E-state index in [9.17, 15) is 0 Å². The Morgan fingerprint density at radius 3 is 2.24 bits per heavy atom. The van der Waals surface area contributed by atoms with Gasteiger partial charge in [-0.1, -0.05) is 13.3 Å². The van der Waals surface area contributed by atoms with Crippen molar-refractivity contribution in [3.8, 4) is 0 Å². The Morgan fingerprint density at radius 1 is 1.06 bits per heavy atom. The minimum atomic E-state index is 0.866. The molecule has 2 saturated carbocycles. The molecule has 0 bridgehead atoms. The Bertz CT molecular complexity index is 221. The van der Waals surface area contributed by atoms with Crippen LogP contribution in [-0.2, 0) is 0 Å². The van der Waals surface area contributed by atoms with E-state index in [1.54, 1.807) is 0 Å². The zero-order chi connectivity index (χ0) is 12.3. The second-order valence-electron chi connectivity index (χ2n) is 6.21. The van der Waals surface area contributed by atoms with Crippen molar-refractivity contribution in [2.75, 3.05) is 20.6 Å². The highest BCUT2D eigenvalue weighted by atomic mass is 15.2. The zero-order valence-electron chi connectivity index (χ0n) is 11.9. The van der Waals surface area contributed by atoms with Crippen molar-refractivity contribution < 1.29 is 0 Å². The van der Waals surface area contributed by atoms with Gasteiger partial charge in [-0.15, -0.1) is 0 Å². The van der Waals surface area contributed by atoms with E-state index < -0.39 is 0 Å². The number of hydrogen-bond acceptors (Lipinski definition) is 2. The molecule has 0 radical (unpaired) electrons. The molecule has 0 saturated heterocycles. The van der Waals surface area contributed by atoms with Crippen LogP contribution in [0.4, 0.5) is 0 Å². The number of rotatable bonds is 5. The summed E-state index contributed by atoms with van der Waals surface area (Å²) in [6.45, 7) is 3.56. The molecule has 0 heterocycles. The second kappa shape index (κ2) is 6.19. The van der Waals surface area contributed by atoms with Crippen LogP contribution >= 0.6 is 0 Å². The maximum atomic E-state index is 3.35. The molecule has 2 heteroatoms. The molecule has 100 valence electrons. The van der Waals surface area contributed by atoms with Gasteiger partial charge >= 0.3 is 0 Å². The topological polar surface area (TPSA) is 15.3 Å². The van der Waals surface area contributed by atoms with Crippen molar-refractivity contribution in [2.45, 2.75) is 64.0 Å². The highest BCUT2D eigenvalue weighted by molar-refractivity contribution is 4.92. The van der Waals surface area contributed by atoms with Gasteiger partial charge in [0.2, 0.25) is 0 Å². The maximum Gasteiger partial charge on any atom is 0.0136 e. The van der Waals surface area contributed by atoms with Crippen LogP contribution in [0.15, 0.2) is 0 Å². The average molecular weight is 238 g/mol. The molecule has 2 aliphatic rings. The lowest BCUT2D eigenvalue weighted by Crippen LogP contribution is -2.52. The molecule has 0 aliphatic heterocycles. The number of hydrogen-bond donors (Lipinski definition) is 1. The van der Waals surface area contributed by atoms with Gasteiger partial charge in [0.15, 0.2) is 0 Å². The van der Waals surface area contributed by atoms with E-state index in [1.807, 2.05) is 0 Å². The van der Waals surface area contributed by atoms with Crippen LogP contribution in [0.1, 0.15) is 51.9 Å². The predicted molar refractivity (Wildman–Crippen MR) is 74.2 cm³/mol. The molecular formula is C15H30N2. The number of nitrogens with zero attached hydrogens (tertiary/aromatic N) is 1. The summed E-state index contributed by atoms with van der Waals surface area (Å²) in [5, 5.41) is 3.35. The monoisotopic (exact) mass is 238 g/mol. The van der Waals surface area contributed by atoms with Crippen LogP contribution < -0.4 is 5.32 Å². The van der Waals surface area contributed by atoms with Gasteiger partial charge in [0.25, 0.3) is 0 Å². The summed E-state index contributed by atoms with van der Waals surface area (Å²) in [6.07, 6.45) is 10.1. The summed E-state index contributed by atoms with van der Waals surface area (Å²) in [5.41, 5.74) is 0. The lowest BCUT2D eigenvalue weighted by atomic mass is 9.76. The Hall–Kier alpha value is -0.0800. The third-order valence-corrected chi connectivity index (χ3v) is 5.34. The molecule has 2 aliphatic carbocycles. The first-order chi connectivity index (χ1) is 8.26. The van der Waals surface area contributed by atoms with Crippen molar-refractivity contribution in [1.82, 2.24) is 10.2 Å². The molecule has 1 N–H and O–H groups in total. The van der Waals surface area contributed by atoms with Crippen LogP contribution in [0, 0.1) is 11.8 Å². The van der Waals surface area contributed by atoms with Gasteiger partial charge < -0.3 is 10.2 Å². The second-order valence-corrected chi connectivity index (χ2v) is 6.21. The number of nitrogens with one attached hydrogen (secondary N) is 1. The lowest BCUT2D eigenvalue weighted by molar-refractivity contribution is 0.0307. The molecular weight excluding hydrogens is 208 g/mol. The van der Waals surface area contributed by atoms with Gasteiger partial charge in [0.05, 0.1) is 0 Å². The predicted octanol–water partition coefficient (Wildman–Crippen LogP) is 2.89. The van der Waals surface area contributed by atoms with Crippen molar-refractivity contribution in [1.29, 1.82) is 0 Å². The van der Waals surface area contributed by atoms with Crippen LogP contribution in [0.2, 0.25) is 0 Å². The highest BCUT2D eigenvalue weighted by Gasteiger charge is 2.36. The minimum absolute atomic E-state index is 0.866. The van der Waals surface area contributed by atoms with Gasteiger partial charge in [-0.25, -0.2) is 0 Å². The minimum Gasteiger partial charge on any atom is -0.319 e. The normalized spacial score (nSPS) is 38.1. The van der Waals surface area contributed by atoms with Gasteiger partial charge in [0, 0.05) is 12.1 Å². The first-order valence-corrected chi connectivity index (χ1v) is 7.62. The first kappa shape index (κ1) is 13.4. The van der Waals surface area contributed by atoms with E-state index in [0.29, 0.717) is 0 Å². The average Bonchev–Trinajstić information content (AvgIpc) is 2.34. The third kappa shape index (κ3) is 3.03. The van der Waals surface area contributed by atoms with Crippen LogP contribution in [-0.4, -0.2) is 37.6 Å².